The van der Waals surface area contributed by atoms with Crippen molar-refractivity contribution in [1.82, 2.24) is 9.94 Å². The zero-order valence-electron chi connectivity index (χ0n) is 4.84. The first kappa shape index (κ1) is 5.15. The fourth-order valence-corrected chi connectivity index (χ4v) is 0.554. The van der Waals surface area contributed by atoms with E-state index in [0.29, 0.717) is 11.4 Å². The molecule has 43 valence electrons. The van der Waals surface area contributed by atoms with Crippen molar-refractivity contribution in [3.63, 3.8) is 0 Å². The monoisotopic (exact) mass is 111 g/mol. The van der Waals surface area contributed by atoms with Gasteiger partial charge in [-0.05, 0) is 13.8 Å². The number of rotatable bonds is 0. The molecule has 0 aliphatic heterocycles. The molecule has 1 rings (SSSR count). The minimum Gasteiger partial charge on any atom is -0.411 e. The summed E-state index contributed by atoms with van der Waals surface area (Å²) in [5.74, 6) is 0. The highest BCUT2D eigenvalue weighted by Gasteiger charge is 1.95. The Bertz CT molecular complexity index is 173. The van der Waals surface area contributed by atoms with Crippen molar-refractivity contribution in [2.24, 2.45) is 0 Å². The maximum atomic E-state index is 8.71. The molecule has 0 aromatic carbocycles. The topological polar surface area (TPSA) is 38.0 Å². The summed E-state index contributed by atoms with van der Waals surface area (Å²) in [6, 6.07) is 2.81. The number of aromatic nitrogens is 2. The Hall–Kier alpha value is -0.990. The highest BCUT2D eigenvalue weighted by atomic mass is 16.5. The van der Waals surface area contributed by atoms with Gasteiger partial charge in [0.1, 0.15) is 0 Å². The molecular weight excluding hydrogens is 104 g/mol. The Labute approximate surface area is 47.5 Å². The van der Waals surface area contributed by atoms with Gasteiger partial charge in [-0.1, -0.05) is 0 Å². The first-order chi connectivity index (χ1) is 3.70. The highest BCUT2D eigenvalue weighted by Crippen LogP contribution is 1.95. The average molecular weight is 111 g/mol. The molecule has 1 aromatic heterocycles. The van der Waals surface area contributed by atoms with Crippen molar-refractivity contribution in [2.45, 2.75) is 13.8 Å². The Morgan fingerprint density at radius 3 is 2.38 bits per heavy atom. The summed E-state index contributed by atoms with van der Waals surface area (Å²) in [6.07, 6.45) is 0. The number of hydrogen-bond donors (Lipinski definition) is 1. The summed E-state index contributed by atoms with van der Waals surface area (Å²) >= 11 is 0. The van der Waals surface area contributed by atoms with Gasteiger partial charge in [-0.25, -0.2) is 0 Å². The smallest absolute Gasteiger partial charge is 0.0850 e. The van der Waals surface area contributed by atoms with Gasteiger partial charge in [0, 0.05) is 6.07 Å². The van der Waals surface area contributed by atoms with Crippen LogP contribution >= 0.6 is 0 Å². The average Bonchev–Trinajstić information content (AvgIpc) is 1.85. The van der Waals surface area contributed by atoms with Crippen molar-refractivity contribution in [3.05, 3.63) is 17.5 Å². The molecule has 0 aliphatic carbocycles. The third-order valence-corrected chi connectivity index (χ3v) is 0.907. The molecule has 0 saturated carbocycles. The number of hydrogen-bond acceptors (Lipinski definition) is 2. The van der Waals surface area contributed by atoms with E-state index in [9.17, 15) is 0 Å². The molecule has 0 aliphatic rings. The molecule has 0 unspecified atom stereocenters. The number of nitrogens with zero attached hydrogens (tertiary/aromatic N) is 2. The summed E-state index contributed by atoms with van der Waals surface area (Å²) < 4.78 is 0. The lowest BCUT2D eigenvalue weighted by Gasteiger charge is -1.85. The zero-order valence-corrected chi connectivity index (χ0v) is 4.84. The Morgan fingerprint density at radius 2 is 2.25 bits per heavy atom. The van der Waals surface area contributed by atoms with Crippen LogP contribution in [-0.4, -0.2) is 15.2 Å². The Kier molecular flexibility index (Phi) is 0.970. The van der Waals surface area contributed by atoms with Crippen LogP contribution in [0, 0.1) is 19.9 Å². The van der Waals surface area contributed by atoms with E-state index >= 15 is 0 Å². The van der Waals surface area contributed by atoms with Crippen LogP contribution in [0.2, 0.25) is 0 Å². The van der Waals surface area contributed by atoms with Gasteiger partial charge >= 0.3 is 0 Å². The molecule has 0 amide bonds. The van der Waals surface area contributed by atoms with Gasteiger partial charge in [0.15, 0.2) is 0 Å². The summed E-state index contributed by atoms with van der Waals surface area (Å²) in [5.41, 5.74) is 1.35. The molecular formula is C5H7N2O. The van der Waals surface area contributed by atoms with Gasteiger partial charge in [-0.15, -0.1) is 9.94 Å². The van der Waals surface area contributed by atoms with Crippen LogP contribution in [0.15, 0.2) is 0 Å². The molecule has 8 heavy (non-hydrogen) atoms. The van der Waals surface area contributed by atoms with E-state index in [1.165, 1.54) is 0 Å². The van der Waals surface area contributed by atoms with E-state index in [2.05, 4.69) is 11.2 Å². The van der Waals surface area contributed by atoms with Crippen LogP contribution in [0.5, 0.6) is 0 Å². The SMILES string of the molecule is Cc1[c]c(C)n(O)n1. The molecule has 1 heterocycles. The second-order valence-electron chi connectivity index (χ2n) is 1.69. The first-order valence-corrected chi connectivity index (χ1v) is 2.35. The molecule has 0 atom stereocenters. The summed E-state index contributed by atoms with van der Waals surface area (Å²) in [6.45, 7) is 3.51. The second kappa shape index (κ2) is 1.51. The molecule has 0 fully saturated rings. The van der Waals surface area contributed by atoms with E-state index in [4.69, 9.17) is 5.21 Å². The van der Waals surface area contributed by atoms with Gasteiger partial charge in [0.2, 0.25) is 0 Å². The van der Waals surface area contributed by atoms with E-state index in [1.807, 2.05) is 0 Å². The molecule has 1 aromatic rings. The van der Waals surface area contributed by atoms with Crippen molar-refractivity contribution in [3.8, 4) is 0 Å². The van der Waals surface area contributed by atoms with Gasteiger partial charge < -0.3 is 5.21 Å². The molecule has 3 heteroatoms. The van der Waals surface area contributed by atoms with Crippen molar-refractivity contribution < 1.29 is 5.21 Å². The maximum absolute atomic E-state index is 8.71. The van der Waals surface area contributed by atoms with Crippen molar-refractivity contribution >= 4 is 0 Å². The molecule has 0 saturated heterocycles. The lowest BCUT2D eigenvalue weighted by Crippen LogP contribution is -1.93. The molecule has 1 radical (unpaired) electrons. The third-order valence-electron chi connectivity index (χ3n) is 0.907. The van der Waals surface area contributed by atoms with Crippen molar-refractivity contribution in [1.29, 1.82) is 0 Å². The summed E-state index contributed by atoms with van der Waals surface area (Å²) in [7, 11) is 0. The van der Waals surface area contributed by atoms with Crippen LogP contribution < -0.4 is 0 Å². The fourth-order valence-electron chi connectivity index (χ4n) is 0.554. The third kappa shape index (κ3) is 0.665. The number of aryl methyl sites for hydroxylation is 2. The van der Waals surface area contributed by atoms with Crippen LogP contribution in [0.25, 0.3) is 0 Å². The van der Waals surface area contributed by atoms with Gasteiger partial charge in [0.25, 0.3) is 0 Å². The highest BCUT2D eigenvalue weighted by molar-refractivity contribution is 5.01. The second-order valence-corrected chi connectivity index (χ2v) is 1.69. The molecule has 1 N–H and O–H groups in total. The van der Waals surface area contributed by atoms with Crippen LogP contribution in [0.3, 0.4) is 0 Å². The van der Waals surface area contributed by atoms with E-state index in [-0.39, 0.29) is 0 Å². The first-order valence-electron chi connectivity index (χ1n) is 2.35. The molecule has 0 spiro atoms. The van der Waals surface area contributed by atoms with Crippen LogP contribution in [-0.2, 0) is 0 Å². The Balaban J connectivity index is 3.14. The van der Waals surface area contributed by atoms with Crippen LogP contribution in [0.4, 0.5) is 0 Å². The Morgan fingerprint density at radius 1 is 1.62 bits per heavy atom. The normalized spacial score (nSPS) is 9.75. The quantitative estimate of drug-likeness (QED) is 0.496. The van der Waals surface area contributed by atoms with E-state index in [0.717, 1.165) is 4.85 Å². The largest absolute Gasteiger partial charge is 0.411 e. The molecule has 0 bridgehead atoms. The van der Waals surface area contributed by atoms with E-state index < -0.39 is 0 Å². The van der Waals surface area contributed by atoms with Crippen LogP contribution in [0.1, 0.15) is 11.4 Å². The lowest BCUT2D eigenvalue weighted by molar-refractivity contribution is 0.142. The van der Waals surface area contributed by atoms with E-state index in [1.54, 1.807) is 13.8 Å². The minimum absolute atomic E-state index is 0.641. The maximum Gasteiger partial charge on any atom is 0.0850 e. The van der Waals surface area contributed by atoms with Gasteiger partial charge in [-0.3, -0.25) is 0 Å². The zero-order chi connectivity index (χ0) is 6.15. The lowest BCUT2D eigenvalue weighted by atomic mass is 10.4. The van der Waals surface area contributed by atoms with Crippen molar-refractivity contribution in [2.75, 3.05) is 0 Å². The predicted octanol–water partition coefficient (Wildman–Crippen LogP) is 0.537. The minimum atomic E-state index is 0.641. The van der Waals surface area contributed by atoms with Gasteiger partial charge in [0.05, 0.1) is 11.4 Å². The van der Waals surface area contributed by atoms with Gasteiger partial charge in [-0.2, -0.15) is 0 Å². The standard InChI is InChI=1S/C5H7N2O/c1-4-3-5(2)7(8)6-4/h8H,1-2H3. The summed E-state index contributed by atoms with van der Waals surface area (Å²) in [4.78, 5) is 0.815. The fraction of sp³-hybridized carbons (Fsp3) is 0.400. The molecule has 3 nitrogen and oxygen atoms in total. The predicted molar refractivity (Wildman–Crippen MR) is 27.7 cm³/mol. The summed E-state index contributed by atoms with van der Waals surface area (Å²) in [5, 5.41) is 12.3.